The van der Waals surface area contributed by atoms with E-state index in [0.717, 1.165) is 6.54 Å². The highest BCUT2D eigenvalue weighted by Gasteiger charge is 2.27. The largest absolute Gasteiger partial charge is 0.375 e. The monoisotopic (exact) mass is 211 g/mol. The van der Waals surface area contributed by atoms with Crippen LogP contribution in [0.4, 0.5) is 5.13 Å². The van der Waals surface area contributed by atoms with E-state index < -0.39 is 0 Å². The third-order valence-corrected chi connectivity index (χ3v) is 3.80. The van der Waals surface area contributed by atoms with Gasteiger partial charge in [-0.1, -0.05) is 20.3 Å². The molecule has 3 N–H and O–H groups in total. The number of nitrogens with one attached hydrogen (secondary N) is 1. The van der Waals surface area contributed by atoms with E-state index in [1.54, 1.807) is 11.3 Å². The lowest BCUT2D eigenvalue weighted by atomic mass is 9.91. The summed E-state index contributed by atoms with van der Waals surface area (Å²) in [6.07, 6.45) is 2.44. The Labute approximate surface area is 88.7 Å². The van der Waals surface area contributed by atoms with Gasteiger partial charge in [-0.2, -0.15) is 0 Å². The van der Waals surface area contributed by atoms with Gasteiger partial charge in [0.15, 0.2) is 5.13 Å². The molecular weight excluding hydrogens is 194 g/mol. The van der Waals surface area contributed by atoms with Crippen LogP contribution in [0.1, 0.15) is 43.2 Å². The number of fused-ring (bicyclic) bond motifs is 1. The lowest BCUT2D eigenvalue weighted by Gasteiger charge is -2.28. The van der Waals surface area contributed by atoms with Crippen molar-refractivity contribution < 1.29 is 0 Å². The first-order chi connectivity index (χ1) is 6.72. The quantitative estimate of drug-likeness (QED) is 0.787. The number of nitrogens with zero attached hydrogens (tertiary/aromatic N) is 1. The Morgan fingerprint density at radius 3 is 3.14 bits per heavy atom. The third kappa shape index (κ3) is 1.64. The van der Waals surface area contributed by atoms with Crippen molar-refractivity contribution in [3.63, 3.8) is 0 Å². The minimum atomic E-state index is 0.507. The van der Waals surface area contributed by atoms with Crippen LogP contribution in [-0.4, -0.2) is 11.0 Å². The molecule has 0 bridgehead atoms. The molecule has 14 heavy (non-hydrogen) atoms. The normalized spacial score (nSPS) is 26.1. The van der Waals surface area contributed by atoms with Gasteiger partial charge in [0.1, 0.15) is 0 Å². The molecule has 0 radical (unpaired) electrons. The Bertz CT molecular complexity index is 321. The third-order valence-electron chi connectivity index (χ3n) is 2.90. The van der Waals surface area contributed by atoms with Gasteiger partial charge in [-0.25, -0.2) is 4.98 Å². The Morgan fingerprint density at radius 1 is 1.64 bits per heavy atom. The van der Waals surface area contributed by atoms with Crippen molar-refractivity contribution in [2.75, 3.05) is 5.73 Å². The molecule has 0 fully saturated rings. The van der Waals surface area contributed by atoms with Crippen molar-refractivity contribution in [2.24, 2.45) is 0 Å². The molecule has 1 aromatic rings. The summed E-state index contributed by atoms with van der Waals surface area (Å²) in [5, 5.41) is 4.26. The second-order valence-electron chi connectivity index (χ2n) is 3.93. The van der Waals surface area contributed by atoms with Crippen molar-refractivity contribution >= 4 is 16.5 Å². The highest BCUT2D eigenvalue weighted by molar-refractivity contribution is 7.15. The number of aromatic nitrogens is 1. The molecule has 1 aliphatic heterocycles. The molecule has 78 valence electrons. The predicted molar refractivity (Wildman–Crippen MR) is 60.5 cm³/mol. The van der Waals surface area contributed by atoms with Gasteiger partial charge in [-0.15, -0.1) is 11.3 Å². The van der Waals surface area contributed by atoms with E-state index >= 15 is 0 Å². The van der Waals surface area contributed by atoms with E-state index in [1.165, 1.54) is 23.4 Å². The number of rotatable bonds is 2. The van der Waals surface area contributed by atoms with Gasteiger partial charge in [0.05, 0.1) is 5.69 Å². The first-order valence-corrected chi connectivity index (χ1v) is 6.02. The molecule has 0 aromatic carbocycles. The van der Waals surface area contributed by atoms with Gasteiger partial charge in [-0.3, -0.25) is 0 Å². The van der Waals surface area contributed by atoms with Crippen LogP contribution in [0, 0.1) is 0 Å². The lowest BCUT2D eigenvalue weighted by Crippen LogP contribution is -2.37. The second kappa shape index (κ2) is 3.87. The minimum Gasteiger partial charge on any atom is -0.375 e. The molecular formula is C10H17N3S. The van der Waals surface area contributed by atoms with Crippen LogP contribution in [0.15, 0.2) is 0 Å². The zero-order chi connectivity index (χ0) is 10.1. The van der Waals surface area contributed by atoms with E-state index in [2.05, 4.69) is 24.1 Å². The Morgan fingerprint density at radius 2 is 2.43 bits per heavy atom. The summed E-state index contributed by atoms with van der Waals surface area (Å²) in [7, 11) is 0. The van der Waals surface area contributed by atoms with Gasteiger partial charge in [-0.05, 0) is 6.42 Å². The van der Waals surface area contributed by atoms with Crippen molar-refractivity contribution in [3.05, 3.63) is 10.6 Å². The van der Waals surface area contributed by atoms with E-state index in [9.17, 15) is 0 Å². The molecule has 4 heteroatoms. The zero-order valence-electron chi connectivity index (χ0n) is 8.71. The lowest BCUT2D eigenvalue weighted by molar-refractivity contribution is 0.392. The Balaban J connectivity index is 2.22. The maximum Gasteiger partial charge on any atom is 0.180 e. The van der Waals surface area contributed by atoms with Gasteiger partial charge in [0.25, 0.3) is 0 Å². The molecule has 2 rings (SSSR count). The molecule has 0 unspecified atom stereocenters. The SMILES string of the molecule is CCC[C@H]1NCc2sc(N)nc2[C@H]1C. The Hall–Kier alpha value is -0.610. The molecule has 3 nitrogen and oxygen atoms in total. The van der Waals surface area contributed by atoms with Crippen molar-refractivity contribution in [1.82, 2.24) is 10.3 Å². The summed E-state index contributed by atoms with van der Waals surface area (Å²) >= 11 is 1.62. The first kappa shape index (κ1) is 9.93. The van der Waals surface area contributed by atoms with Crippen LogP contribution < -0.4 is 11.1 Å². The van der Waals surface area contributed by atoms with E-state index in [4.69, 9.17) is 5.73 Å². The zero-order valence-corrected chi connectivity index (χ0v) is 9.53. The second-order valence-corrected chi connectivity index (χ2v) is 5.04. The van der Waals surface area contributed by atoms with Gasteiger partial charge < -0.3 is 11.1 Å². The number of hydrogen-bond acceptors (Lipinski definition) is 4. The number of hydrogen-bond donors (Lipinski definition) is 2. The minimum absolute atomic E-state index is 0.507. The van der Waals surface area contributed by atoms with Crippen molar-refractivity contribution in [2.45, 2.75) is 45.2 Å². The van der Waals surface area contributed by atoms with Crippen LogP contribution in [-0.2, 0) is 6.54 Å². The molecule has 1 aromatic heterocycles. The number of anilines is 1. The summed E-state index contributed by atoms with van der Waals surface area (Å²) in [6, 6.07) is 0.578. The molecule has 2 atom stereocenters. The first-order valence-electron chi connectivity index (χ1n) is 5.20. The topological polar surface area (TPSA) is 50.9 Å². The summed E-state index contributed by atoms with van der Waals surface area (Å²) in [4.78, 5) is 5.74. The van der Waals surface area contributed by atoms with Crippen LogP contribution >= 0.6 is 11.3 Å². The maximum absolute atomic E-state index is 5.72. The fourth-order valence-corrected chi connectivity index (χ4v) is 3.01. The van der Waals surface area contributed by atoms with Crippen LogP contribution in [0.2, 0.25) is 0 Å². The molecule has 0 saturated carbocycles. The van der Waals surface area contributed by atoms with E-state index in [0.29, 0.717) is 17.1 Å². The Kier molecular flexibility index (Phi) is 2.74. The summed E-state index contributed by atoms with van der Waals surface area (Å²) < 4.78 is 0. The standard InChI is InChI=1S/C10H17N3S/c1-3-4-7-6(2)9-8(5-12-7)14-10(11)13-9/h6-7,12H,3-5H2,1-2H3,(H2,11,13)/t6-,7+/m0/s1. The van der Waals surface area contributed by atoms with Crippen LogP contribution in [0.25, 0.3) is 0 Å². The van der Waals surface area contributed by atoms with Gasteiger partial charge >= 0.3 is 0 Å². The fraction of sp³-hybridized carbons (Fsp3) is 0.700. The summed E-state index contributed by atoms with van der Waals surface area (Å²) in [5.41, 5.74) is 6.95. The number of nitrogen functional groups attached to an aromatic ring is 1. The predicted octanol–water partition coefficient (Wildman–Crippen LogP) is 2.10. The van der Waals surface area contributed by atoms with Gasteiger partial charge in [0, 0.05) is 23.4 Å². The number of nitrogens with two attached hydrogens (primary N) is 1. The molecule has 0 saturated heterocycles. The molecule has 0 amide bonds. The van der Waals surface area contributed by atoms with Crippen LogP contribution in [0.3, 0.4) is 0 Å². The van der Waals surface area contributed by atoms with Crippen LogP contribution in [0.5, 0.6) is 0 Å². The molecule has 0 aliphatic carbocycles. The highest BCUT2D eigenvalue weighted by atomic mass is 32.1. The number of thiazole rings is 1. The summed E-state index contributed by atoms with van der Waals surface area (Å²) in [6.45, 7) is 5.41. The maximum atomic E-state index is 5.72. The van der Waals surface area contributed by atoms with E-state index in [1.807, 2.05) is 0 Å². The van der Waals surface area contributed by atoms with E-state index in [-0.39, 0.29) is 0 Å². The average Bonchev–Trinajstić information content (AvgIpc) is 2.52. The van der Waals surface area contributed by atoms with Crippen molar-refractivity contribution in [3.8, 4) is 0 Å². The average molecular weight is 211 g/mol. The molecule has 2 heterocycles. The van der Waals surface area contributed by atoms with Gasteiger partial charge in [0.2, 0.25) is 0 Å². The summed E-state index contributed by atoms with van der Waals surface area (Å²) in [5.74, 6) is 0.507. The molecule has 1 aliphatic rings. The molecule has 0 spiro atoms. The van der Waals surface area contributed by atoms with Crippen molar-refractivity contribution in [1.29, 1.82) is 0 Å². The smallest absolute Gasteiger partial charge is 0.180 e. The fourth-order valence-electron chi connectivity index (χ4n) is 2.12. The highest BCUT2D eigenvalue weighted by Crippen LogP contribution is 2.33.